The van der Waals surface area contributed by atoms with Crippen molar-refractivity contribution in [3.05, 3.63) is 28.7 Å². The summed E-state index contributed by atoms with van der Waals surface area (Å²) < 4.78 is 7.12. The van der Waals surface area contributed by atoms with Crippen LogP contribution >= 0.6 is 0 Å². The van der Waals surface area contributed by atoms with E-state index in [0.29, 0.717) is 12.6 Å². The number of methoxy groups -OCH3 is 1. The number of H-pyrrole nitrogens is 1. The number of rotatable bonds is 3. The largest absolute Gasteiger partial charge is 0.494 e. The number of fused-ring (bicyclic) bond motifs is 1. The summed E-state index contributed by atoms with van der Waals surface area (Å²) >= 11 is 0. The molecule has 0 spiro atoms. The third-order valence-corrected chi connectivity index (χ3v) is 3.54. The maximum Gasteiger partial charge on any atom is 0.326 e. The third kappa shape index (κ3) is 1.80. The molecule has 96 valence electrons. The van der Waals surface area contributed by atoms with Gasteiger partial charge in [-0.1, -0.05) is 6.07 Å². The van der Waals surface area contributed by atoms with Crippen molar-refractivity contribution in [2.75, 3.05) is 13.7 Å². The van der Waals surface area contributed by atoms with E-state index in [0.717, 1.165) is 29.7 Å². The molecule has 0 aliphatic carbocycles. The molecular weight excluding hydrogens is 230 g/mol. The molecule has 1 aromatic carbocycles. The summed E-state index contributed by atoms with van der Waals surface area (Å²) in [6, 6.07) is 6.05. The first kappa shape index (κ1) is 11.3. The highest BCUT2D eigenvalue weighted by atomic mass is 16.5. The van der Waals surface area contributed by atoms with Crippen molar-refractivity contribution < 1.29 is 4.74 Å². The van der Waals surface area contributed by atoms with Gasteiger partial charge in [0.15, 0.2) is 0 Å². The number of ether oxygens (including phenoxy) is 1. The van der Waals surface area contributed by atoms with Gasteiger partial charge in [0.2, 0.25) is 0 Å². The fourth-order valence-corrected chi connectivity index (χ4v) is 2.66. The normalized spacial score (nSPS) is 19.5. The van der Waals surface area contributed by atoms with Crippen molar-refractivity contribution in [3.63, 3.8) is 0 Å². The van der Waals surface area contributed by atoms with Crippen LogP contribution in [0.1, 0.15) is 12.8 Å². The number of imidazole rings is 1. The molecule has 5 nitrogen and oxygen atoms in total. The van der Waals surface area contributed by atoms with Gasteiger partial charge in [-0.25, -0.2) is 4.79 Å². The lowest BCUT2D eigenvalue weighted by atomic mass is 10.2. The van der Waals surface area contributed by atoms with Gasteiger partial charge in [0.25, 0.3) is 0 Å². The predicted octanol–water partition coefficient (Wildman–Crippen LogP) is 1.09. The van der Waals surface area contributed by atoms with Crippen molar-refractivity contribution in [2.45, 2.75) is 25.4 Å². The standard InChI is InChI=1S/C13H17N3O2/c1-18-11-6-2-5-10-12(11)16(13(17)15-10)8-9-4-3-7-14-9/h2,5-6,9,14H,3-4,7-8H2,1H3,(H,15,17). The third-order valence-electron chi connectivity index (χ3n) is 3.54. The number of hydrogen-bond donors (Lipinski definition) is 2. The van der Waals surface area contributed by atoms with Gasteiger partial charge in [0.05, 0.1) is 12.6 Å². The summed E-state index contributed by atoms with van der Waals surface area (Å²) in [6.45, 7) is 1.73. The maximum atomic E-state index is 12.0. The highest BCUT2D eigenvalue weighted by Crippen LogP contribution is 2.23. The molecule has 0 amide bonds. The van der Waals surface area contributed by atoms with Crippen LogP contribution in [0.25, 0.3) is 11.0 Å². The lowest BCUT2D eigenvalue weighted by Crippen LogP contribution is -2.31. The van der Waals surface area contributed by atoms with Crippen LogP contribution in [0.15, 0.2) is 23.0 Å². The topological polar surface area (TPSA) is 59.1 Å². The van der Waals surface area contributed by atoms with E-state index in [1.54, 1.807) is 11.7 Å². The van der Waals surface area contributed by atoms with Crippen molar-refractivity contribution in [1.82, 2.24) is 14.9 Å². The fraction of sp³-hybridized carbons (Fsp3) is 0.462. The van der Waals surface area contributed by atoms with Crippen LogP contribution in [0, 0.1) is 0 Å². The van der Waals surface area contributed by atoms with E-state index in [-0.39, 0.29) is 5.69 Å². The Morgan fingerprint density at radius 1 is 1.50 bits per heavy atom. The molecule has 1 fully saturated rings. The summed E-state index contributed by atoms with van der Waals surface area (Å²) in [5, 5.41) is 3.41. The van der Waals surface area contributed by atoms with Gasteiger partial charge >= 0.3 is 5.69 Å². The summed E-state index contributed by atoms with van der Waals surface area (Å²) in [4.78, 5) is 14.9. The summed E-state index contributed by atoms with van der Waals surface area (Å²) in [7, 11) is 1.63. The number of aromatic amines is 1. The number of hydrogen-bond acceptors (Lipinski definition) is 3. The quantitative estimate of drug-likeness (QED) is 0.853. The average molecular weight is 247 g/mol. The Labute approximate surface area is 105 Å². The van der Waals surface area contributed by atoms with E-state index < -0.39 is 0 Å². The first-order valence-corrected chi connectivity index (χ1v) is 6.28. The van der Waals surface area contributed by atoms with Crippen molar-refractivity contribution in [2.24, 2.45) is 0 Å². The highest BCUT2D eigenvalue weighted by Gasteiger charge is 2.18. The summed E-state index contributed by atoms with van der Waals surface area (Å²) in [6.07, 6.45) is 2.30. The van der Waals surface area contributed by atoms with Gasteiger partial charge in [-0.3, -0.25) is 4.57 Å². The molecule has 0 radical (unpaired) electrons. The van der Waals surface area contributed by atoms with Gasteiger partial charge in [-0.05, 0) is 31.5 Å². The van der Waals surface area contributed by atoms with Crippen molar-refractivity contribution in [3.8, 4) is 5.75 Å². The average Bonchev–Trinajstić information content (AvgIpc) is 2.98. The SMILES string of the molecule is COc1cccc2[nH]c(=O)n(CC3CCCN3)c12. The fourth-order valence-electron chi connectivity index (χ4n) is 2.66. The lowest BCUT2D eigenvalue weighted by Gasteiger charge is -2.12. The molecule has 0 saturated carbocycles. The predicted molar refractivity (Wildman–Crippen MR) is 70.1 cm³/mol. The Morgan fingerprint density at radius 3 is 3.11 bits per heavy atom. The van der Waals surface area contributed by atoms with E-state index in [2.05, 4.69) is 10.3 Å². The molecule has 1 saturated heterocycles. The zero-order valence-electron chi connectivity index (χ0n) is 10.4. The molecule has 2 N–H and O–H groups in total. The summed E-state index contributed by atoms with van der Waals surface area (Å²) in [5.41, 5.74) is 1.62. The number of nitrogens with zero attached hydrogens (tertiary/aromatic N) is 1. The molecular formula is C13H17N3O2. The van der Waals surface area contributed by atoms with Crippen LogP contribution in [0.3, 0.4) is 0 Å². The van der Waals surface area contributed by atoms with Gasteiger partial charge in [0.1, 0.15) is 11.3 Å². The van der Waals surface area contributed by atoms with Crippen LogP contribution in [0.5, 0.6) is 5.75 Å². The van der Waals surface area contributed by atoms with Gasteiger partial charge < -0.3 is 15.0 Å². The highest BCUT2D eigenvalue weighted by molar-refractivity contribution is 5.82. The molecule has 1 aliphatic rings. The zero-order valence-corrected chi connectivity index (χ0v) is 10.4. The van der Waals surface area contributed by atoms with E-state index in [1.807, 2.05) is 18.2 Å². The van der Waals surface area contributed by atoms with Crippen LogP contribution in [-0.2, 0) is 6.54 Å². The minimum Gasteiger partial charge on any atom is -0.494 e. The molecule has 1 unspecified atom stereocenters. The number of nitrogens with one attached hydrogen (secondary N) is 2. The smallest absolute Gasteiger partial charge is 0.326 e. The van der Waals surface area contributed by atoms with Crippen LogP contribution < -0.4 is 15.7 Å². The van der Waals surface area contributed by atoms with Crippen LogP contribution in [0.2, 0.25) is 0 Å². The zero-order chi connectivity index (χ0) is 12.5. The second-order valence-corrected chi connectivity index (χ2v) is 4.69. The van der Waals surface area contributed by atoms with E-state index in [1.165, 1.54) is 6.42 Å². The van der Waals surface area contributed by atoms with Gasteiger partial charge in [0, 0.05) is 12.6 Å². The Kier molecular flexibility index (Phi) is 2.83. The lowest BCUT2D eigenvalue weighted by molar-refractivity contribution is 0.415. The Balaban J connectivity index is 2.08. The first-order chi connectivity index (χ1) is 8.79. The monoisotopic (exact) mass is 247 g/mol. The van der Waals surface area contributed by atoms with E-state index >= 15 is 0 Å². The molecule has 3 rings (SSSR count). The van der Waals surface area contributed by atoms with Gasteiger partial charge in [-0.15, -0.1) is 0 Å². The van der Waals surface area contributed by atoms with E-state index in [9.17, 15) is 4.79 Å². The summed E-state index contributed by atoms with van der Waals surface area (Å²) in [5.74, 6) is 0.740. The van der Waals surface area contributed by atoms with Crippen molar-refractivity contribution in [1.29, 1.82) is 0 Å². The number of aromatic nitrogens is 2. The minimum absolute atomic E-state index is 0.0665. The minimum atomic E-state index is -0.0665. The Hall–Kier alpha value is -1.75. The molecule has 1 aromatic heterocycles. The van der Waals surface area contributed by atoms with E-state index in [4.69, 9.17) is 4.74 Å². The second-order valence-electron chi connectivity index (χ2n) is 4.69. The maximum absolute atomic E-state index is 12.0. The van der Waals surface area contributed by atoms with Crippen molar-refractivity contribution >= 4 is 11.0 Å². The molecule has 5 heteroatoms. The number of para-hydroxylation sites is 1. The molecule has 2 aromatic rings. The Bertz CT molecular complexity index is 608. The first-order valence-electron chi connectivity index (χ1n) is 6.28. The molecule has 1 atom stereocenters. The Morgan fingerprint density at radius 2 is 2.39 bits per heavy atom. The molecule has 18 heavy (non-hydrogen) atoms. The van der Waals surface area contributed by atoms with Crippen LogP contribution in [0.4, 0.5) is 0 Å². The second kappa shape index (κ2) is 4.49. The molecule has 0 bridgehead atoms. The van der Waals surface area contributed by atoms with Gasteiger partial charge in [-0.2, -0.15) is 0 Å². The molecule has 2 heterocycles. The van der Waals surface area contributed by atoms with Crippen LogP contribution in [-0.4, -0.2) is 29.2 Å². The number of benzene rings is 1. The molecule has 1 aliphatic heterocycles.